The van der Waals surface area contributed by atoms with Crippen LogP contribution in [0.2, 0.25) is 0 Å². The Morgan fingerprint density at radius 1 is 1.16 bits per heavy atom. The topological polar surface area (TPSA) is 20.2 Å². The summed E-state index contributed by atoms with van der Waals surface area (Å²) in [5, 5.41) is 11.4. The summed E-state index contributed by atoms with van der Waals surface area (Å²) in [5.41, 5.74) is 0.890. The molecule has 2 aliphatic rings. The molecule has 0 bridgehead atoms. The Hall–Kier alpha value is -0.300. The van der Waals surface area contributed by atoms with Crippen LogP contribution in [0.3, 0.4) is 0 Å². The van der Waals surface area contributed by atoms with Crippen molar-refractivity contribution in [3.05, 3.63) is 11.6 Å². The standard InChI is InChI=1S/C18H32O/c1-14(2)17-12-11-15(3)13-18(17,19)16-9-7-5-4-6-8-10-16/h9,14-15,17,19H,4-8,10-13H2,1-3H3. The van der Waals surface area contributed by atoms with Crippen LogP contribution in [-0.2, 0) is 0 Å². The third kappa shape index (κ3) is 3.42. The largest absolute Gasteiger partial charge is 0.385 e. The van der Waals surface area contributed by atoms with Crippen LogP contribution in [0.4, 0.5) is 0 Å². The van der Waals surface area contributed by atoms with Gasteiger partial charge in [0.15, 0.2) is 0 Å². The van der Waals surface area contributed by atoms with Crippen molar-refractivity contribution >= 4 is 0 Å². The molecule has 0 saturated heterocycles. The lowest BCUT2D eigenvalue weighted by Gasteiger charge is -2.46. The van der Waals surface area contributed by atoms with Gasteiger partial charge in [0, 0.05) is 0 Å². The summed E-state index contributed by atoms with van der Waals surface area (Å²) in [5.74, 6) is 1.73. The monoisotopic (exact) mass is 264 g/mol. The van der Waals surface area contributed by atoms with Gasteiger partial charge in [0.1, 0.15) is 0 Å². The fourth-order valence-corrected chi connectivity index (χ4v) is 4.33. The van der Waals surface area contributed by atoms with Gasteiger partial charge in [-0.05, 0) is 61.9 Å². The van der Waals surface area contributed by atoms with Crippen LogP contribution in [0, 0.1) is 17.8 Å². The lowest BCUT2D eigenvalue weighted by Crippen LogP contribution is -2.47. The van der Waals surface area contributed by atoms with Crippen molar-refractivity contribution < 1.29 is 5.11 Å². The van der Waals surface area contributed by atoms with E-state index >= 15 is 0 Å². The maximum atomic E-state index is 11.4. The molecule has 0 aromatic heterocycles. The van der Waals surface area contributed by atoms with Gasteiger partial charge in [0.2, 0.25) is 0 Å². The molecule has 0 radical (unpaired) electrons. The molecule has 3 unspecified atom stereocenters. The van der Waals surface area contributed by atoms with E-state index in [1.807, 2.05) is 0 Å². The van der Waals surface area contributed by atoms with E-state index in [-0.39, 0.29) is 0 Å². The Bertz CT molecular complexity index is 318. The average Bonchev–Trinajstić information content (AvgIpc) is 2.26. The third-order valence-corrected chi connectivity index (χ3v) is 5.40. The average molecular weight is 264 g/mol. The molecule has 0 amide bonds. The number of hydrogen-bond acceptors (Lipinski definition) is 1. The Labute approximate surface area is 119 Å². The molecule has 3 atom stereocenters. The third-order valence-electron chi connectivity index (χ3n) is 5.40. The summed E-state index contributed by atoms with van der Waals surface area (Å²) >= 11 is 0. The molecule has 0 heterocycles. The van der Waals surface area contributed by atoms with Crippen molar-refractivity contribution in [1.29, 1.82) is 0 Å². The van der Waals surface area contributed by atoms with E-state index < -0.39 is 5.60 Å². The zero-order valence-electron chi connectivity index (χ0n) is 13.1. The van der Waals surface area contributed by atoms with Crippen LogP contribution < -0.4 is 0 Å². The summed E-state index contributed by atoms with van der Waals surface area (Å²) in [6.07, 6.45) is 13.5. The Balaban J connectivity index is 2.23. The molecule has 1 nitrogen and oxygen atoms in total. The van der Waals surface area contributed by atoms with Crippen LogP contribution in [0.5, 0.6) is 0 Å². The summed E-state index contributed by atoms with van der Waals surface area (Å²) in [6.45, 7) is 6.88. The van der Waals surface area contributed by atoms with Crippen LogP contribution in [0.1, 0.15) is 78.6 Å². The van der Waals surface area contributed by atoms with Gasteiger partial charge in [-0.2, -0.15) is 0 Å². The summed E-state index contributed by atoms with van der Waals surface area (Å²) in [4.78, 5) is 0. The fraction of sp³-hybridized carbons (Fsp3) is 0.889. The van der Waals surface area contributed by atoms with Crippen LogP contribution in [-0.4, -0.2) is 10.7 Å². The first-order valence-electron chi connectivity index (χ1n) is 8.46. The molecule has 1 heteroatoms. The van der Waals surface area contributed by atoms with E-state index in [1.54, 1.807) is 0 Å². The molecular weight excluding hydrogens is 232 g/mol. The molecule has 0 spiro atoms. The summed E-state index contributed by atoms with van der Waals surface area (Å²) < 4.78 is 0. The molecule has 19 heavy (non-hydrogen) atoms. The molecule has 110 valence electrons. The SMILES string of the molecule is CC1CCC(C(C)C)C(O)(C2=CCCCCCC2)C1. The number of aliphatic hydroxyl groups is 1. The highest BCUT2D eigenvalue weighted by Gasteiger charge is 2.44. The minimum absolute atomic E-state index is 0.467. The Kier molecular flexibility index (Phi) is 5.11. The second kappa shape index (κ2) is 6.43. The van der Waals surface area contributed by atoms with Crippen LogP contribution in [0.25, 0.3) is 0 Å². The molecule has 1 fully saturated rings. The second-order valence-electron chi connectivity index (χ2n) is 7.34. The highest BCUT2D eigenvalue weighted by molar-refractivity contribution is 5.21. The Morgan fingerprint density at radius 2 is 1.89 bits per heavy atom. The fourth-order valence-electron chi connectivity index (χ4n) is 4.33. The van der Waals surface area contributed by atoms with Crippen molar-refractivity contribution in [1.82, 2.24) is 0 Å². The van der Waals surface area contributed by atoms with Crippen molar-refractivity contribution in [3.63, 3.8) is 0 Å². The molecule has 2 aliphatic carbocycles. The highest BCUT2D eigenvalue weighted by Crippen LogP contribution is 2.46. The number of hydrogen-bond donors (Lipinski definition) is 1. The maximum Gasteiger partial charge on any atom is 0.0889 e. The first kappa shape index (κ1) is 15.1. The molecule has 0 aromatic rings. The van der Waals surface area contributed by atoms with Gasteiger partial charge in [-0.1, -0.05) is 46.1 Å². The van der Waals surface area contributed by atoms with Gasteiger partial charge in [-0.25, -0.2) is 0 Å². The smallest absolute Gasteiger partial charge is 0.0889 e. The lowest BCUT2D eigenvalue weighted by atomic mass is 9.63. The van der Waals surface area contributed by atoms with Gasteiger partial charge >= 0.3 is 0 Å². The molecule has 2 rings (SSSR count). The molecule has 0 aromatic carbocycles. The van der Waals surface area contributed by atoms with Gasteiger partial charge in [-0.3, -0.25) is 0 Å². The van der Waals surface area contributed by atoms with Crippen molar-refractivity contribution in [2.45, 2.75) is 84.2 Å². The zero-order chi connectivity index (χ0) is 13.9. The molecule has 1 saturated carbocycles. The van der Waals surface area contributed by atoms with Crippen molar-refractivity contribution in [3.8, 4) is 0 Å². The maximum absolute atomic E-state index is 11.4. The predicted octanol–water partition coefficient (Wildman–Crippen LogP) is 5.09. The first-order valence-corrected chi connectivity index (χ1v) is 8.46. The molecule has 1 N–H and O–H groups in total. The minimum Gasteiger partial charge on any atom is -0.385 e. The number of rotatable bonds is 2. The van der Waals surface area contributed by atoms with Gasteiger partial charge in [-0.15, -0.1) is 0 Å². The van der Waals surface area contributed by atoms with Gasteiger partial charge in [0.05, 0.1) is 5.60 Å². The minimum atomic E-state index is -0.497. The quantitative estimate of drug-likeness (QED) is 0.689. The van der Waals surface area contributed by atoms with E-state index in [0.717, 1.165) is 12.8 Å². The zero-order valence-corrected chi connectivity index (χ0v) is 13.1. The van der Waals surface area contributed by atoms with Crippen molar-refractivity contribution in [2.24, 2.45) is 17.8 Å². The lowest BCUT2D eigenvalue weighted by molar-refractivity contribution is -0.0530. The summed E-state index contributed by atoms with van der Waals surface area (Å²) in [7, 11) is 0. The van der Waals surface area contributed by atoms with Crippen LogP contribution in [0.15, 0.2) is 11.6 Å². The van der Waals surface area contributed by atoms with Crippen LogP contribution >= 0.6 is 0 Å². The van der Waals surface area contributed by atoms with Gasteiger partial charge in [0.25, 0.3) is 0 Å². The van der Waals surface area contributed by atoms with E-state index in [9.17, 15) is 5.11 Å². The highest BCUT2D eigenvalue weighted by atomic mass is 16.3. The van der Waals surface area contributed by atoms with E-state index in [1.165, 1.54) is 50.5 Å². The molecule has 0 aliphatic heterocycles. The van der Waals surface area contributed by atoms with E-state index in [0.29, 0.717) is 17.8 Å². The summed E-state index contributed by atoms with van der Waals surface area (Å²) in [6, 6.07) is 0. The Morgan fingerprint density at radius 3 is 2.63 bits per heavy atom. The molecular formula is C18H32O. The first-order chi connectivity index (χ1) is 9.04. The number of allylic oxidation sites excluding steroid dienone is 1. The van der Waals surface area contributed by atoms with E-state index in [4.69, 9.17) is 0 Å². The van der Waals surface area contributed by atoms with E-state index in [2.05, 4.69) is 26.8 Å². The second-order valence-corrected chi connectivity index (χ2v) is 7.34. The van der Waals surface area contributed by atoms with Gasteiger partial charge < -0.3 is 5.11 Å². The predicted molar refractivity (Wildman–Crippen MR) is 82.1 cm³/mol. The normalized spacial score (nSPS) is 37.6. The van der Waals surface area contributed by atoms with Crippen molar-refractivity contribution in [2.75, 3.05) is 0 Å².